The van der Waals surface area contributed by atoms with Crippen molar-refractivity contribution in [1.29, 1.82) is 0 Å². The molecule has 48 heavy (non-hydrogen) atoms. The lowest BCUT2D eigenvalue weighted by Crippen LogP contribution is -2.05. The summed E-state index contributed by atoms with van der Waals surface area (Å²) in [5.74, 6) is -0.0232. The highest BCUT2D eigenvalue weighted by atomic mass is 32.2. The van der Waals surface area contributed by atoms with Gasteiger partial charge in [0.25, 0.3) is 0 Å². The van der Waals surface area contributed by atoms with E-state index in [-0.39, 0.29) is 11.5 Å². The number of rotatable bonds is 4. The zero-order valence-corrected chi connectivity index (χ0v) is 26.6. The van der Waals surface area contributed by atoms with Gasteiger partial charge in [0, 0.05) is 46.7 Å². The van der Waals surface area contributed by atoms with Gasteiger partial charge < -0.3 is 4.42 Å². The second-order valence-electron chi connectivity index (χ2n) is 12.4. The van der Waals surface area contributed by atoms with Gasteiger partial charge in [-0.1, -0.05) is 60.7 Å². The molecule has 0 atom stereocenters. The molecule has 0 spiro atoms. The maximum absolute atomic E-state index is 13.5. The number of benzene rings is 5. The second-order valence-corrected chi connectivity index (χ2v) is 14.4. The molecule has 0 unspecified atom stereocenters. The van der Waals surface area contributed by atoms with Crippen molar-refractivity contribution in [3.63, 3.8) is 0 Å². The van der Waals surface area contributed by atoms with Crippen LogP contribution < -0.4 is 0 Å². The van der Waals surface area contributed by atoms with Gasteiger partial charge in [0.2, 0.25) is 0 Å². The minimum atomic E-state index is -3.40. The Kier molecular flexibility index (Phi) is 6.59. The van der Waals surface area contributed by atoms with E-state index in [1.54, 1.807) is 12.4 Å². The van der Waals surface area contributed by atoms with Gasteiger partial charge in [-0.25, -0.2) is 8.42 Å². The lowest BCUT2D eigenvalue weighted by atomic mass is 9.89. The Labute approximate surface area is 278 Å². The average Bonchev–Trinajstić information content (AvgIpc) is 3.45. The van der Waals surface area contributed by atoms with Crippen molar-refractivity contribution in [2.45, 2.75) is 11.5 Å². The van der Waals surface area contributed by atoms with Crippen LogP contribution >= 0.6 is 0 Å². The van der Waals surface area contributed by atoms with Crippen LogP contribution in [0.25, 0.3) is 77.6 Å². The van der Waals surface area contributed by atoms with Gasteiger partial charge in [-0.05, 0) is 116 Å². The van der Waals surface area contributed by atoms with E-state index in [1.807, 2.05) is 79.1 Å². The number of para-hydroxylation sites is 1. The smallest absolute Gasteiger partial charge is 0.158 e. The van der Waals surface area contributed by atoms with Crippen LogP contribution in [0.15, 0.2) is 151 Å². The highest BCUT2D eigenvalue weighted by Crippen LogP contribution is 2.41. The van der Waals surface area contributed by atoms with E-state index < -0.39 is 9.84 Å². The Bertz CT molecular complexity index is 2570. The Morgan fingerprint density at radius 1 is 0.458 bits per heavy atom. The number of aromatic nitrogens is 2. The molecular formula is C42H28N2O3S. The molecule has 230 valence electrons. The van der Waals surface area contributed by atoms with E-state index in [0.717, 1.165) is 88.7 Å². The normalized spacial score (nSPS) is 13.6. The molecule has 5 nitrogen and oxygen atoms in total. The van der Waals surface area contributed by atoms with Crippen LogP contribution in [0.2, 0.25) is 0 Å². The zero-order valence-electron chi connectivity index (χ0n) is 25.8. The van der Waals surface area contributed by atoms with Crippen LogP contribution in [-0.2, 0) is 21.3 Å². The molecule has 0 fully saturated rings. The van der Waals surface area contributed by atoms with E-state index in [4.69, 9.17) is 4.42 Å². The third-order valence-corrected chi connectivity index (χ3v) is 10.7. The fourth-order valence-corrected chi connectivity index (χ4v) is 8.45. The lowest BCUT2D eigenvalue weighted by molar-refractivity contribution is 0.595. The molecule has 9 rings (SSSR count). The molecule has 0 amide bonds. The fraction of sp³-hybridized carbons (Fsp3) is 0.0476. The summed E-state index contributed by atoms with van der Waals surface area (Å²) in [7, 11) is -3.40. The number of hydrogen-bond donors (Lipinski definition) is 0. The molecular weight excluding hydrogens is 613 g/mol. The summed E-state index contributed by atoms with van der Waals surface area (Å²) in [5, 5.41) is 2.14. The molecule has 4 heterocycles. The Morgan fingerprint density at radius 3 is 1.79 bits per heavy atom. The number of furan rings is 1. The van der Waals surface area contributed by atoms with Crippen LogP contribution in [0.4, 0.5) is 0 Å². The fourth-order valence-electron chi connectivity index (χ4n) is 6.91. The van der Waals surface area contributed by atoms with Gasteiger partial charge in [-0.15, -0.1) is 0 Å². The van der Waals surface area contributed by atoms with Gasteiger partial charge in [-0.3, -0.25) is 9.97 Å². The van der Waals surface area contributed by atoms with E-state index in [0.29, 0.717) is 0 Å². The summed E-state index contributed by atoms with van der Waals surface area (Å²) in [6.07, 6.45) is 7.25. The van der Waals surface area contributed by atoms with Crippen LogP contribution in [0.1, 0.15) is 11.1 Å². The Hall–Kier alpha value is -5.85. The first-order valence-electron chi connectivity index (χ1n) is 15.8. The van der Waals surface area contributed by atoms with Crippen molar-refractivity contribution in [3.05, 3.63) is 157 Å². The van der Waals surface area contributed by atoms with E-state index in [9.17, 15) is 8.42 Å². The van der Waals surface area contributed by atoms with Crippen LogP contribution in [0, 0.1) is 0 Å². The standard InChI is InChI=1S/C42H28N2O3S/c45-48(46)25-32-10-9-28(29-12-14-42-40(22-29)38-7-1-2-8-41(38)47-42)21-39(32)37-13-11-27(17-36(37)26-48)33-18-34(30-5-3-15-43-23-30)20-35(19-33)31-6-4-16-44-24-31/h1-24H,25-26H2. The zero-order chi connectivity index (χ0) is 32.2. The van der Waals surface area contributed by atoms with Gasteiger partial charge in [0.05, 0.1) is 11.5 Å². The summed E-state index contributed by atoms with van der Waals surface area (Å²) < 4.78 is 33.0. The molecule has 6 heteroatoms. The van der Waals surface area contributed by atoms with Gasteiger partial charge in [0.15, 0.2) is 9.84 Å². The van der Waals surface area contributed by atoms with Crippen molar-refractivity contribution in [3.8, 4) is 55.6 Å². The monoisotopic (exact) mass is 640 g/mol. The first kappa shape index (κ1) is 28.4. The highest BCUT2D eigenvalue weighted by Gasteiger charge is 2.25. The van der Waals surface area contributed by atoms with Crippen molar-refractivity contribution < 1.29 is 12.8 Å². The number of hydrogen-bond acceptors (Lipinski definition) is 5. The van der Waals surface area contributed by atoms with E-state index >= 15 is 0 Å². The van der Waals surface area contributed by atoms with Crippen molar-refractivity contribution in [2.75, 3.05) is 0 Å². The largest absolute Gasteiger partial charge is 0.456 e. The number of sulfone groups is 1. The molecule has 8 aromatic rings. The predicted octanol–water partition coefficient (Wildman–Crippen LogP) is 10.1. The minimum absolute atomic E-state index is 0.000320. The van der Waals surface area contributed by atoms with E-state index in [1.165, 1.54) is 0 Å². The number of pyridine rings is 2. The molecule has 3 aromatic heterocycles. The first-order chi connectivity index (χ1) is 23.5. The SMILES string of the molecule is O=S1(=O)Cc2cc(-c3cc(-c4cccnc4)cc(-c4cccnc4)c3)ccc2-c2cc(-c3ccc4oc5ccccc5c4c3)ccc2C1. The molecule has 0 N–H and O–H groups in total. The third-order valence-electron chi connectivity index (χ3n) is 9.22. The van der Waals surface area contributed by atoms with Crippen LogP contribution in [-0.4, -0.2) is 18.4 Å². The molecule has 0 radical (unpaired) electrons. The van der Waals surface area contributed by atoms with E-state index in [2.05, 4.69) is 64.6 Å². The summed E-state index contributed by atoms with van der Waals surface area (Å²) in [5.41, 5.74) is 13.3. The summed E-state index contributed by atoms with van der Waals surface area (Å²) in [4.78, 5) is 8.68. The van der Waals surface area contributed by atoms with Crippen molar-refractivity contribution in [1.82, 2.24) is 9.97 Å². The van der Waals surface area contributed by atoms with Crippen molar-refractivity contribution >= 4 is 31.8 Å². The van der Waals surface area contributed by atoms with Crippen LogP contribution in [0.5, 0.6) is 0 Å². The molecule has 0 saturated heterocycles. The summed E-state index contributed by atoms with van der Waals surface area (Å²) >= 11 is 0. The lowest BCUT2D eigenvalue weighted by Gasteiger charge is -2.15. The van der Waals surface area contributed by atoms with Gasteiger partial charge in [0.1, 0.15) is 11.2 Å². The Balaban J connectivity index is 1.18. The van der Waals surface area contributed by atoms with Gasteiger partial charge in [-0.2, -0.15) is 0 Å². The van der Waals surface area contributed by atoms with Gasteiger partial charge >= 0.3 is 0 Å². The highest BCUT2D eigenvalue weighted by molar-refractivity contribution is 7.89. The first-order valence-corrected chi connectivity index (χ1v) is 17.6. The topological polar surface area (TPSA) is 73.1 Å². The number of nitrogens with zero attached hydrogens (tertiary/aromatic N) is 2. The second kappa shape index (κ2) is 11.1. The number of fused-ring (bicyclic) bond motifs is 6. The quantitative estimate of drug-likeness (QED) is 0.191. The third kappa shape index (κ3) is 5.07. The van der Waals surface area contributed by atoms with Crippen LogP contribution in [0.3, 0.4) is 0 Å². The molecule has 1 aliphatic heterocycles. The Morgan fingerprint density at radius 2 is 1.06 bits per heavy atom. The summed E-state index contributed by atoms with van der Waals surface area (Å²) in [6, 6.07) is 41.1. The maximum Gasteiger partial charge on any atom is 0.158 e. The maximum atomic E-state index is 13.5. The molecule has 0 bridgehead atoms. The molecule has 5 aromatic carbocycles. The average molecular weight is 641 g/mol. The molecule has 0 aliphatic carbocycles. The van der Waals surface area contributed by atoms with Crippen molar-refractivity contribution in [2.24, 2.45) is 0 Å². The molecule has 0 saturated carbocycles. The molecule has 1 aliphatic rings. The minimum Gasteiger partial charge on any atom is -0.456 e. The predicted molar refractivity (Wildman–Crippen MR) is 193 cm³/mol. The summed E-state index contributed by atoms with van der Waals surface area (Å²) in [6.45, 7) is 0.